The molecule has 3 N–H and O–H groups in total. The number of carbonyl (C=O) groups excluding carboxylic acids is 1. The Bertz CT molecular complexity index is 823. The summed E-state index contributed by atoms with van der Waals surface area (Å²) >= 11 is 0. The monoisotopic (exact) mass is 326 g/mol. The van der Waals surface area contributed by atoms with Gasteiger partial charge in [-0.3, -0.25) is 0 Å². The van der Waals surface area contributed by atoms with Crippen molar-refractivity contribution in [2.45, 2.75) is 10.6 Å². The van der Waals surface area contributed by atoms with Crippen molar-refractivity contribution in [3.8, 4) is 0 Å². The Balaban J connectivity index is 2.30. The highest BCUT2D eigenvalue weighted by molar-refractivity contribution is 7.90. The molecule has 0 aliphatic rings. The number of hydrogen-bond acceptors (Lipinski definition) is 3. The summed E-state index contributed by atoms with van der Waals surface area (Å²) in [7, 11) is -3.99. The summed E-state index contributed by atoms with van der Waals surface area (Å²) in [6, 6.07) is 7.44. The van der Waals surface area contributed by atoms with Crippen molar-refractivity contribution in [1.29, 1.82) is 0 Å². The standard InChI is InChI=1S/C14H12F2N2O3S/c15-10-4-5-13(12(16)7-10)22(20,21)8-9-2-1-3-11(6-9)18-14(17)19/h1-7H,8H2,(H3,17,18,19). The highest BCUT2D eigenvalue weighted by atomic mass is 32.2. The van der Waals surface area contributed by atoms with Gasteiger partial charge in [0.25, 0.3) is 0 Å². The third kappa shape index (κ3) is 3.79. The average molecular weight is 326 g/mol. The smallest absolute Gasteiger partial charge is 0.316 e. The maximum atomic E-state index is 13.6. The number of nitrogens with two attached hydrogens (primary N) is 1. The number of hydrogen-bond donors (Lipinski definition) is 2. The molecule has 0 aliphatic heterocycles. The molecule has 0 atom stereocenters. The lowest BCUT2D eigenvalue weighted by Crippen LogP contribution is -2.19. The second kappa shape index (κ2) is 6.10. The quantitative estimate of drug-likeness (QED) is 0.846. The predicted molar refractivity (Wildman–Crippen MR) is 76.9 cm³/mol. The van der Waals surface area contributed by atoms with E-state index in [2.05, 4.69) is 5.32 Å². The molecule has 2 rings (SSSR count). The van der Waals surface area contributed by atoms with Gasteiger partial charge in [0.05, 0.1) is 5.75 Å². The van der Waals surface area contributed by atoms with Crippen LogP contribution in [0, 0.1) is 11.6 Å². The summed E-state index contributed by atoms with van der Waals surface area (Å²) in [6.07, 6.45) is 0. The van der Waals surface area contributed by atoms with E-state index in [1.807, 2.05) is 0 Å². The van der Waals surface area contributed by atoms with Gasteiger partial charge < -0.3 is 11.1 Å². The molecule has 2 aromatic carbocycles. The number of carbonyl (C=O) groups is 1. The van der Waals surface area contributed by atoms with Crippen molar-refractivity contribution < 1.29 is 22.0 Å². The van der Waals surface area contributed by atoms with Crippen LogP contribution in [0.3, 0.4) is 0 Å². The molecule has 0 aliphatic carbocycles. The normalized spacial score (nSPS) is 11.2. The average Bonchev–Trinajstić information content (AvgIpc) is 2.36. The van der Waals surface area contributed by atoms with Crippen LogP contribution >= 0.6 is 0 Å². The number of benzene rings is 2. The van der Waals surface area contributed by atoms with E-state index in [0.29, 0.717) is 17.3 Å². The number of primary amides is 1. The molecule has 0 saturated heterocycles. The molecule has 0 aromatic heterocycles. The third-order valence-electron chi connectivity index (χ3n) is 2.78. The van der Waals surface area contributed by atoms with Crippen molar-refractivity contribution in [2.75, 3.05) is 5.32 Å². The second-order valence-electron chi connectivity index (χ2n) is 4.52. The number of urea groups is 1. The van der Waals surface area contributed by atoms with Crippen LogP contribution in [0.15, 0.2) is 47.4 Å². The van der Waals surface area contributed by atoms with Crippen molar-refractivity contribution >= 4 is 21.6 Å². The van der Waals surface area contributed by atoms with E-state index in [1.165, 1.54) is 24.3 Å². The van der Waals surface area contributed by atoms with E-state index in [0.717, 1.165) is 12.1 Å². The Morgan fingerprint density at radius 2 is 1.86 bits per heavy atom. The van der Waals surface area contributed by atoms with Crippen LogP contribution in [0.5, 0.6) is 0 Å². The first-order valence-electron chi connectivity index (χ1n) is 6.11. The van der Waals surface area contributed by atoms with Gasteiger partial charge in [-0.25, -0.2) is 22.0 Å². The zero-order chi connectivity index (χ0) is 16.3. The highest BCUT2D eigenvalue weighted by Gasteiger charge is 2.20. The Morgan fingerprint density at radius 3 is 2.50 bits per heavy atom. The van der Waals surface area contributed by atoms with Crippen LogP contribution in [0.2, 0.25) is 0 Å². The van der Waals surface area contributed by atoms with Crippen LogP contribution in [0.1, 0.15) is 5.56 Å². The fourth-order valence-corrected chi connectivity index (χ4v) is 3.31. The molecule has 5 nitrogen and oxygen atoms in total. The van der Waals surface area contributed by atoms with Crippen LogP contribution in [0.25, 0.3) is 0 Å². The maximum Gasteiger partial charge on any atom is 0.316 e. The molecule has 2 amide bonds. The van der Waals surface area contributed by atoms with Gasteiger partial charge in [0.2, 0.25) is 0 Å². The first-order valence-corrected chi connectivity index (χ1v) is 7.76. The molecular formula is C14H12F2N2O3S. The Labute approximate surface area is 125 Å². The van der Waals surface area contributed by atoms with Gasteiger partial charge in [0.15, 0.2) is 9.84 Å². The number of sulfone groups is 1. The van der Waals surface area contributed by atoms with Gasteiger partial charge in [-0.05, 0) is 29.8 Å². The zero-order valence-electron chi connectivity index (χ0n) is 11.2. The van der Waals surface area contributed by atoms with Crippen molar-refractivity contribution in [1.82, 2.24) is 0 Å². The minimum absolute atomic E-state index is 0.319. The van der Waals surface area contributed by atoms with Crippen molar-refractivity contribution in [3.05, 3.63) is 59.7 Å². The number of anilines is 1. The molecule has 0 radical (unpaired) electrons. The first-order chi connectivity index (χ1) is 10.3. The molecule has 2 aromatic rings. The molecule has 116 valence electrons. The molecule has 8 heteroatoms. The van der Waals surface area contributed by atoms with E-state index in [1.54, 1.807) is 0 Å². The van der Waals surface area contributed by atoms with Crippen molar-refractivity contribution in [3.63, 3.8) is 0 Å². The lowest BCUT2D eigenvalue weighted by molar-refractivity contribution is 0.259. The fourth-order valence-electron chi connectivity index (χ4n) is 1.91. The Hall–Kier alpha value is -2.48. The third-order valence-corrected chi connectivity index (χ3v) is 4.49. The Morgan fingerprint density at radius 1 is 1.14 bits per heavy atom. The molecule has 0 bridgehead atoms. The van der Waals surface area contributed by atoms with E-state index in [-0.39, 0.29) is 0 Å². The minimum atomic E-state index is -3.99. The lowest BCUT2D eigenvalue weighted by atomic mass is 10.2. The molecule has 0 heterocycles. The maximum absolute atomic E-state index is 13.6. The van der Waals surface area contributed by atoms with E-state index in [4.69, 9.17) is 5.73 Å². The summed E-state index contributed by atoms with van der Waals surface area (Å²) in [4.78, 5) is 10.2. The first kappa shape index (κ1) is 15.9. The zero-order valence-corrected chi connectivity index (χ0v) is 12.0. The SMILES string of the molecule is NC(=O)Nc1cccc(CS(=O)(=O)c2ccc(F)cc2F)c1. The van der Waals surface area contributed by atoms with Gasteiger partial charge in [-0.15, -0.1) is 0 Å². The van der Waals surface area contributed by atoms with Gasteiger partial charge in [-0.2, -0.15) is 0 Å². The van der Waals surface area contributed by atoms with Gasteiger partial charge >= 0.3 is 6.03 Å². The summed E-state index contributed by atoms with van der Waals surface area (Å²) in [5.41, 5.74) is 5.62. The van der Waals surface area contributed by atoms with Gasteiger partial charge in [-0.1, -0.05) is 12.1 Å². The number of halogens is 2. The van der Waals surface area contributed by atoms with Crippen molar-refractivity contribution in [2.24, 2.45) is 5.73 Å². The molecule has 0 fully saturated rings. The summed E-state index contributed by atoms with van der Waals surface area (Å²) in [5.74, 6) is -2.50. The summed E-state index contributed by atoms with van der Waals surface area (Å²) in [6.45, 7) is 0. The summed E-state index contributed by atoms with van der Waals surface area (Å²) < 4.78 is 50.8. The number of nitrogens with one attached hydrogen (secondary N) is 1. The van der Waals surface area contributed by atoms with E-state index >= 15 is 0 Å². The minimum Gasteiger partial charge on any atom is -0.351 e. The number of amides is 2. The van der Waals surface area contributed by atoms with Crippen LogP contribution in [0.4, 0.5) is 19.3 Å². The van der Waals surface area contributed by atoms with Gasteiger partial charge in [0, 0.05) is 11.8 Å². The molecular weight excluding hydrogens is 314 g/mol. The van der Waals surface area contributed by atoms with Crippen LogP contribution in [-0.2, 0) is 15.6 Å². The topological polar surface area (TPSA) is 89.3 Å². The Kier molecular flexibility index (Phi) is 4.41. The second-order valence-corrected chi connectivity index (χ2v) is 6.48. The largest absolute Gasteiger partial charge is 0.351 e. The number of rotatable bonds is 4. The fraction of sp³-hybridized carbons (Fsp3) is 0.0714. The lowest BCUT2D eigenvalue weighted by Gasteiger charge is -2.08. The predicted octanol–water partition coefficient (Wildman–Crippen LogP) is 2.43. The van der Waals surface area contributed by atoms with E-state index in [9.17, 15) is 22.0 Å². The van der Waals surface area contributed by atoms with Crippen LogP contribution in [-0.4, -0.2) is 14.4 Å². The van der Waals surface area contributed by atoms with Gasteiger partial charge in [0.1, 0.15) is 16.5 Å². The molecule has 0 spiro atoms. The van der Waals surface area contributed by atoms with Crippen LogP contribution < -0.4 is 11.1 Å². The molecule has 0 unspecified atom stereocenters. The van der Waals surface area contributed by atoms with E-state index < -0.39 is 38.2 Å². The molecule has 22 heavy (non-hydrogen) atoms. The molecule has 0 saturated carbocycles. The highest BCUT2D eigenvalue weighted by Crippen LogP contribution is 2.21. The summed E-state index contributed by atoms with van der Waals surface area (Å²) in [5, 5.41) is 2.31.